The standard InChI is InChI=1S/C27H31F3N4O3S2/c28-20-16-34(17-20)12-9-21(18-38-22-7-3-1-4-8-22)32-25-19(15-31)13-23(14-24(25)29)39(36,37)33-26(35)27(30)10-5-2-6-11-27/h1,3-4,7-8,13-14,20-21,32H,2,5-6,9-12,16-18H2,(H,33,35)/t21-/m1/s1. The summed E-state index contributed by atoms with van der Waals surface area (Å²) >= 11 is 1.53. The summed E-state index contributed by atoms with van der Waals surface area (Å²) in [6.07, 6.45) is 1.21. The second kappa shape index (κ2) is 12.6. The molecule has 1 aliphatic carbocycles. The van der Waals surface area contributed by atoms with E-state index in [4.69, 9.17) is 0 Å². The van der Waals surface area contributed by atoms with Gasteiger partial charge in [0.25, 0.3) is 15.9 Å². The zero-order chi connectivity index (χ0) is 28.0. The summed E-state index contributed by atoms with van der Waals surface area (Å²) in [5.41, 5.74) is -2.73. The molecule has 2 N–H and O–H groups in total. The fourth-order valence-corrected chi connectivity index (χ4v) is 6.80. The van der Waals surface area contributed by atoms with E-state index in [0.29, 0.717) is 44.6 Å². The number of carbonyl (C=O) groups is 1. The maximum absolute atomic E-state index is 15.3. The molecule has 0 bridgehead atoms. The van der Waals surface area contributed by atoms with E-state index in [9.17, 15) is 27.3 Å². The molecule has 2 aromatic rings. The van der Waals surface area contributed by atoms with Crippen molar-refractivity contribution in [3.8, 4) is 6.07 Å². The number of sulfonamides is 1. The minimum Gasteiger partial charge on any atom is -0.378 e. The molecule has 0 radical (unpaired) electrons. The molecule has 0 spiro atoms. The topological polar surface area (TPSA) is 102 Å². The minimum atomic E-state index is -4.62. The van der Waals surface area contributed by atoms with Crippen molar-refractivity contribution in [1.29, 1.82) is 5.26 Å². The number of halogens is 3. The lowest BCUT2D eigenvalue weighted by atomic mass is 9.86. The smallest absolute Gasteiger partial charge is 0.271 e. The summed E-state index contributed by atoms with van der Waals surface area (Å²) in [7, 11) is -4.62. The number of hydrogen-bond donors (Lipinski definition) is 2. The molecule has 2 aromatic carbocycles. The average molecular weight is 581 g/mol. The van der Waals surface area contributed by atoms with Crippen molar-refractivity contribution in [3.63, 3.8) is 0 Å². The molecule has 0 unspecified atom stereocenters. The number of rotatable bonds is 11. The lowest BCUT2D eigenvalue weighted by Gasteiger charge is -2.35. The van der Waals surface area contributed by atoms with Gasteiger partial charge in [0.2, 0.25) is 0 Å². The van der Waals surface area contributed by atoms with Crippen molar-refractivity contribution in [2.75, 3.05) is 30.7 Å². The number of likely N-dealkylation sites (tertiary alicyclic amines) is 1. The Labute approximate surface area is 231 Å². The zero-order valence-corrected chi connectivity index (χ0v) is 23.0. The van der Waals surface area contributed by atoms with Gasteiger partial charge in [0, 0.05) is 36.3 Å². The number of benzene rings is 2. The summed E-state index contributed by atoms with van der Waals surface area (Å²) in [5, 5.41) is 12.8. The summed E-state index contributed by atoms with van der Waals surface area (Å²) in [6, 6.07) is 12.8. The Hall–Kier alpha value is -2.75. The number of thioether (sulfide) groups is 1. The summed E-state index contributed by atoms with van der Waals surface area (Å²) in [6.45, 7) is 1.25. The maximum atomic E-state index is 15.3. The van der Waals surface area contributed by atoms with Crippen molar-refractivity contribution in [2.24, 2.45) is 0 Å². The molecule has 210 valence electrons. The predicted molar refractivity (Wildman–Crippen MR) is 144 cm³/mol. The van der Waals surface area contributed by atoms with Gasteiger partial charge in [-0.2, -0.15) is 5.26 Å². The number of amides is 1. The molecule has 4 rings (SSSR count). The van der Waals surface area contributed by atoms with Crippen LogP contribution in [-0.2, 0) is 14.8 Å². The summed E-state index contributed by atoms with van der Waals surface area (Å²) in [5.74, 6) is -1.75. The van der Waals surface area contributed by atoms with E-state index >= 15 is 4.39 Å². The summed E-state index contributed by atoms with van der Waals surface area (Å²) < 4.78 is 71.0. The van der Waals surface area contributed by atoms with Crippen LogP contribution in [0.3, 0.4) is 0 Å². The first-order valence-corrected chi connectivity index (χ1v) is 15.4. The Morgan fingerprint density at radius 1 is 1.18 bits per heavy atom. The molecule has 2 aliphatic rings. The minimum absolute atomic E-state index is 0.0825. The van der Waals surface area contributed by atoms with E-state index in [0.717, 1.165) is 23.4 Å². The Morgan fingerprint density at radius 3 is 2.51 bits per heavy atom. The molecular formula is C27H31F3N4O3S2. The van der Waals surface area contributed by atoms with Crippen LogP contribution in [0.15, 0.2) is 52.3 Å². The lowest BCUT2D eigenvalue weighted by molar-refractivity contribution is -0.133. The van der Waals surface area contributed by atoms with Crippen molar-refractivity contribution in [3.05, 3.63) is 53.8 Å². The van der Waals surface area contributed by atoms with Crippen LogP contribution in [0.2, 0.25) is 0 Å². The third-order valence-corrected chi connectivity index (χ3v) is 9.51. The molecule has 1 saturated carbocycles. The Morgan fingerprint density at radius 2 is 1.87 bits per heavy atom. The van der Waals surface area contributed by atoms with Crippen LogP contribution in [0.5, 0.6) is 0 Å². The fourth-order valence-electron chi connectivity index (χ4n) is 4.73. The number of nitriles is 1. The third-order valence-electron chi connectivity index (χ3n) is 7.02. The monoisotopic (exact) mass is 580 g/mol. The third kappa shape index (κ3) is 7.47. The number of hydrogen-bond acceptors (Lipinski definition) is 7. The van der Waals surface area contributed by atoms with Crippen molar-refractivity contribution in [1.82, 2.24) is 9.62 Å². The zero-order valence-electron chi connectivity index (χ0n) is 21.3. The molecule has 1 aliphatic heterocycles. The van der Waals surface area contributed by atoms with E-state index < -0.39 is 38.5 Å². The predicted octanol–water partition coefficient (Wildman–Crippen LogP) is 4.79. The van der Waals surface area contributed by atoms with Gasteiger partial charge in [0.1, 0.15) is 18.1 Å². The highest BCUT2D eigenvalue weighted by atomic mass is 32.2. The van der Waals surface area contributed by atoms with Crippen molar-refractivity contribution < 1.29 is 26.4 Å². The van der Waals surface area contributed by atoms with Crippen molar-refractivity contribution >= 4 is 33.4 Å². The van der Waals surface area contributed by atoms with Gasteiger partial charge >= 0.3 is 0 Å². The Bertz CT molecular complexity index is 1310. The molecule has 2 fully saturated rings. The van der Waals surface area contributed by atoms with Gasteiger partial charge in [-0.3, -0.25) is 9.69 Å². The van der Waals surface area contributed by atoms with E-state index in [-0.39, 0.29) is 30.1 Å². The van der Waals surface area contributed by atoms with Crippen LogP contribution < -0.4 is 10.0 Å². The Balaban J connectivity index is 1.51. The van der Waals surface area contributed by atoms with Crippen LogP contribution in [0.4, 0.5) is 18.9 Å². The maximum Gasteiger partial charge on any atom is 0.271 e. The molecule has 39 heavy (non-hydrogen) atoms. The molecule has 1 atom stereocenters. The van der Waals surface area contributed by atoms with Gasteiger partial charge in [0.15, 0.2) is 5.67 Å². The van der Waals surface area contributed by atoms with E-state index in [1.165, 1.54) is 11.8 Å². The molecule has 0 aromatic heterocycles. The SMILES string of the molecule is N#Cc1cc(S(=O)(=O)NC(=O)C2(F)CCCCC2)cc(F)c1N[C@H](CCN1CC(F)C1)CSc1ccccc1. The first kappa shape index (κ1) is 29.2. The first-order chi connectivity index (χ1) is 18.6. The van der Waals surface area contributed by atoms with Gasteiger partial charge < -0.3 is 5.32 Å². The lowest BCUT2D eigenvalue weighted by Crippen LogP contribution is -2.49. The number of nitrogens with one attached hydrogen (secondary N) is 2. The fraction of sp³-hybridized carbons (Fsp3) is 0.481. The van der Waals surface area contributed by atoms with Gasteiger partial charge in [-0.1, -0.05) is 24.6 Å². The largest absolute Gasteiger partial charge is 0.378 e. The summed E-state index contributed by atoms with van der Waals surface area (Å²) in [4.78, 5) is 14.8. The number of carbonyl (C=O) groups excluding carboxylic acids is 1. The second-order valence-electron chi connectivity index (χ2n) is 10.0. The molecule has 7 nitrogen and oxygen atoms in total. The molecule has 1 amide bonds. The number of alkyl halides is 2. The second-order valence-corrected chi connectivity index (χ2v) is 12.8. The van der Waals surface area contributed by atoms with Gasteiger partial charge in [-0.25, -0.2) is 26.3 Å². The van der Waals surface area contributed by atoms with Gasteiger partial charge in [-0.15, -0.1) is 11.8 Å². The van der Waals surface area contributed by atoms with E-state index in [2.05, 4.69) is 5.32 Å². The normalized spacial score (nSPS) is 18.5. The molecular weight excluding hydrogens is 549 g/mol. The van der Waals surface area contributed by atoms with Crippen molar-refractivity contribution in [2.45, 2.75) is 66.2 Å². The van der Waals surface area contributed by atoms with Crippen LogP contribution in [0.1, 0.15) is 44.1 Å². The highest BCUT2D eigenvalue weighted by Gasteiger charge is 2.41. The molecule has 1 heterocycles. The molecule has 1 saturated heterocycles. The van der Waals surface area contributed by atoms with E-state index in [1.807, 2.05) is 41.3 Å². The average Bonchev–Trinajstić information content (AvgIpc) is 2.90. The van der Waals surface area contributed by atoms with Crippen LogP contribution >= 0.6 is 11.8 Å². The highest BCUT2D eigenvalue weighted by molar-refractivity contribution is 7.99. The highest BCUT2D eigenvalue weighted by Crippen LogP contribution is 2.33. The first-order valence-electron chi connectivity index (χ1n) is 12.9. The van der Waals surface area contributed by atoms with Crippen LogP contribution in [0, 0.1) is 17.1 Å². The number of anilines is 1. The van der Waals surface area contributed by atoms with E-state index in [1.54, 1.807) is 4.72 Å². The van der Waals surface area contributed by atoms with Gasteiger partial charge in [0.05, 0.1) is 16.1 Å². The number of nitrogens with zero attached hydrogens (tertiary/aromatic N) is 2. The Kier molecular flexibility index (Phi) is 9.46. The van der Waals surface area contributed by atoms with Crippen LogP contribution in [0.25, 0.3) is 0 Å². The van der Waals surface area contributed by atoms with Crippen LogP contribution in [-0.4, -0.2) is 62.5 Å². The quantitative estimate of drug-likeness (QED) is 0.369. The molecule has 12 heteroatoms. The van der Waals surface area contributed by atoms with Gasteiger partial charge in [-0.05, 0) is 56.4 Å².